The summed E-state index contributed by atoms with van der Waals surface area (Å²) in [6.07, 6.45) is 9.08. The van der Waals surface area contributed by atoms with Gasteiger partial charge < -0.3 is 10.5 Å². The molecule has 2 bridgehead atoms. The first-order valence-corrected chi connectivity index (χ1v) is 9.63. The molecule has 3 aliphatic carbocycles. The summed E-state index contributed by atoms with van der Waals surface area (Å²) in [7, 11) is 0. The van der Waals surface area contributed by atoms with Gasteiger partial charge in [0.2, 0.25) is 0 Å². The zero-order chi connectivity index (χ0) is 16.4. The second-order valence-corrected chi connectivity index (χ2v) is 7.85. The van der Waals surface area contributed by atoms with E-state index < -0.39 is 0 Å². The van der Waals surface area contributed by atoms with E-state index in [-0.39, 0.29) is 6.23 Å². The smallest absolute Gasteiger partial charge is 0.105 e. The molecule has 128 valence electrons. The Bertz CT molecular complexity index is 674. The number of hydrogen-bond donors (Lipinski definition) is 1. The molecule has 0 heterocycles. The molecule has 3 fully saturated rings. The zero-order valence-electron chi connectivity index (χ0n) is 14.5. The quantitative estimate of drug-likeness (QED) is 0.767. The third-order valence-electron chi connectivity index (χ3n) is 6.27. The fraction of sp³-hybridized carbons (Fsp3) is 0.545. The molecule has 0 radical (unpaired) electrons. The molecule has 2 atom stereocenters. The van der Waals surface area contributed by atoms with Crippen LogP contribution in [0.4, 0.5) is 0 Å². The van der Waals surface area contributed by atoms with Crippen molar-refractivity contribution in [3.63, 3.8) is 0 Å². The van der Waals surface area contributed by atoms with E-state index in [2.05, 4.69) is 42.5 Å². The van der Waals surface area contributed by atoms with Crippen molar-refractivity contribution in [3.05, 3.63) is 48.0 Å². The van der Waals surface area contributed by atoms with Crippen molar-refractivity contribution in [1.29, 1.82) is 0 Å². The number of rotatable bonds is 6. The topological polar surface area (TPSA) is 35.2 Å². The second kappa shape index (κ2) is 7.25. The first-order valence-electron chi connectivity index (χ1n) is 9.63. The molecule has 3 saturated carbocycles. The minimum atomic E-state index is -0.0881. The fourth-order valence-corrected chi connectivity index (χ4v) is 4.89. The Morgan fingerprint density at radius 2 is 1.79 bits per heavy atom. The fourth-order valence-electron chi connectivity index (χ4n) is 4.89. The summed E-state index contributed by atoms with van der Waals surface area (Å²) >= 11 is 0. The summed E-state index contributed by atoms with van der Waals surface area (Å²) in [6.45, 7) is 0.723. The molecule has 0 aromatic heterocycles. The Labute approximate surface area is 145 Å². The van der Waals surface area contributed by atoms with E-state index in [9.17, 15) is 0 Å². The number of benzene rings is 2. The van der Waals surface area contributed by atoms with Gasteiger partial charge in [0.25, 0.3) is 0 Å². The predicted molar refractivity (Wildman–Crippen MR) is 99.8 cm³/mol. The van der Waals surface area contributed by atoms with Crippen LogP contribution in [0.2, 0.25) is 0 Å². The van der Waals surface area contributed by atoms with Gasteiger partial charge in [-0.2, -0.15) is 0 Å². The van der Waals surface area contributed by atoms with Crippen LogP contribution in [-0.4, -0.2) is 12.8 Å². The van der Waals surface area contributed by atoms with E-state index >= 15 is 0 Å². The highest BCUT2D eigenvalue weighted by molar-refractivity contribution is 5.82. The van der Waals surface area contributed by atoms with Crippen molar-refractivity contribution in [1.82, 2.24) is 0 Å². The van der Waals surface area contributed by atoms with Crippen molar-refractivity contribution in [2.24, 2.45) is 23.5 Å². The van der Waals surface area contributed by atoms with Crippen LogP contribution < -0.4 is 5.73 Å². The van der Waals surface area contributed by atoms with E-state index in [0.717, 1.165) is 37.2 Å². The molecule has 2 nitrogen and oxygen atoms in total. The molecule has 24 heavy (non-hydrogen) atoms. The van der Waals surface area contributed by atoms with Gasteiger partial charge in [0.15, 0.2) is 0 Å². The number of nitrogens with two attached hydrogens (primary N) is 1. The monoisotopic (exact) mass is 323 g/mol. The molecule has 5 rings (SSSR count). The summed E-state index contributed by atoms with van der Waals surface area (Å²) < 4.78 is 5.95. The summed E-state index contributed by atoms with van der Waals surface area (Å²) in [4.78, 5) is 0. The zero-order valence-corrected chi connectivity index (χ0v) is 14.5. The van der Waals surface area contributed by atoms with Crippen molar-refractivity contribution in [3.8, 4) is 0 Å². The van der Waals surface area contributed by atoms with Crippen molar-refractivity contribution in [2.75, 3.05) is 6.61 Å². The largest absolute Gasteiger partial charge is 0.363 e. The van der Waals surface area contributed by atoms with Crippen LogP contribution >= 0.6 is 0 Å². The first kappa shape index (κ1) is 16.1. The molecule has 2 heteroatoms. The normalized spacial score (nSPS) is 27.5. The van der Waals surface area contributed by atoms with Gasteiger partial charge in [-0.15, -0.1) is 0 Å². The molecule has 2 unspecified atom stereocenters. The van der Waals surface area contributed by atoms with Crippen LogP contribution in [0, 0.1) is 17.8 Å². The number of fused-ring (bicyclic) bond motifs is 4. The lowest BCUT2D eigenvalue weighted by atomic mass is 9.64. The van der Waals surface area contributed by atoms with Crippen molar-refractivity contribution < 1.29 is 4.74 Å². The van der Waals surface area contributed by atoms with Gasteiger partial charge in [0, 0.05) is 0 Å². The lowest BCUT2D eigenvalue weighted by Gasteiger charge is -2.43. The summed E-state index contributed by atoms with van der Waals surface area (Å²) in [5.41, 5.74) is 7.60. The molecule has 0 spiro atoms. The minimum absolute atomic E-state index is 0.0881. The molecule has 0 saturated heterocycles. The lowest BCUT2D eigenvalue weighted by Crippen LogP contribution is -2.36. The van der Waals surface area contributed by atoms with Crippen LogP contribution in [-0.2, 0) is 11.2 Å². The van der Waals surface area contributed by atoms with E-state index in [0.29, 0.717) is 0 Å². The molecule has 2 aromatic rings. The summed E-state index contributed by atoms with van der Waals surface area (Å²) in [5, 5.41) is 2.60. The molecule has 0 aliphatic heterocycles. The third kappa shape index (κ3) is 3.65. The number of ether oxygens (including phenoxy) is 1. The van der Waals surface area contributed by atoms with Crippen LogP contribution in [0.3, 0.4) is 0 Å². The Morgan fingerprint density at radius 1 is 1.00 bits per heavy atom. The average molecular weight is 323 g/mol. The summed E-state index contributed by atoms with van der Waals surface area (Å²) in [5.74, 6) is 2.71. The Balaban J connectivity index is 1.25. The maximum absolute atomic E-state index is 6.27. The molecule has 2 N–H and O–H groups in total. The standard InChI is InChI=1S/C22H29NO/c23-22(15-21-14-16-5-9-19(21)10-6-16)24-12-11-17-7-8-18-3-1-2-4-20(18)13-17/h1-4,7-8,13,16,19,21-22H,5-6,9-12,14-15,23H2. The van der Waals surface area contributed by atoms with E-state index in [4.69, 9.17) is 10.5 Å². The maximum Gasteiger partial charge on any atom is 0.105 e. The molecule has 0 amide bonds. The van der Waals surface area contributed by atoms with Gasteiger partial charge in [-0.05, 0) is 66.2 Å². The first-order chi connectivity index (χ1) is 11.8. The van der Waals surface area contributed by atoms with Gasteiger partial charge in [0.05, 0.1) is 6.61 Å². The van der Waals surface area contributed by atoms with E-state index in [1.165, 1.54) is 48.4 Å². The van der Waals surface area contributed by atoms with Crippen LogP contribution in [0.1, 0.15) is 44.1 Å². The minimum Gasteiger partial charge on any atom is -0.363 e. The van der Waals surface area contributed by atoms with Gasteiger partial charge in [-0.1, -0.05) is 55.3 Å². The van der Waals surface area contributed by atoms with E-state index in [1.54, 1.807) is 0 Å². The highest BCUT2D eigenvalue weighted by atomic mass is 16.5. The van der Waals surface area contributed by atoms with Crippen molar-refractivity contribution >= 4 is 10.8 Å². The Morgan fingerprint density at radius 3 is 2.54 bits per heavy atom. The molecular formula is C22H29NO. The second-order valence-electron chi connectivity index (χ2n) is 7.85. The van der Waals surface area contributed by atoms with Crippen molar-refractivity contribution in [2.45, 2.75) is 51.2 Å². The summed E-state index contributed by atoms with van der Waals surface area (Å²) in [6, 6.07) is 15.2. The highest BCUT2D eigenvalue weighted by Crippen LogP contribution is 2.46. The van der Waals surface area contributed by atoms with Gasteiger partial charge in [-0.3, -0.25) is 0 Å². The average Bonchev–Trinajstić information content (AvgIpc) is 2.62. The van der Waals surface area contributed by atoms with Gasteiger partial charge >= 0.3 is 0 Å². The maximum atomic E-state index is 6.27. The lowest BCUT2D eigenvalue weighted by molar-refractivity contribution is 0.00728. The Kier molecular flexibility index (Phi) is 4.86. The molecular weight excluding hydrogens is 294 g/mol. The molecule has 2 aromatic carbocycles. The van der Waals surface area contributed by atoms with Crippen LogP contribution in [0.5, 0.6) is 0 Å². The highest BCUT2D eigenvalue weighted by Gasteiger charge is 2.36. The van der Waals surface area contributed by atoms with Crippen LogP contribution in [0.25, 0.3) is 10.8 Å². The molecule has 3 aliphatic rings. The van der Waals surface area contributed by atoms with E-state index in [1.807, 2.05) is 0 Å². The number of hydrogen-bond acceptors (Lipinski definition) is 2. The van der Waals surface area contributed by atoms with Gasteiger partial charge in [0.1, 0.15) is 6.23 Å². The van der Waals surface area contributed by atoms with Crippen LogP contribution in [0.15, 0.2) is 42.5 Å². The Hall–Kier alpha value is -1.38. The third-order valence-corrected chi connectivity index (χ3v) is 6.27. The van der Waals surface area contributed by atoms with Gasteiger partial charge in [-0.25, -0.2) is 0 Å². The SMILES string of the molecule is NC(CC1CC2CCC1CC2)OCCc1ccc2ccccc2c1. The predicted octanol–water partition coefficient (Wildman–Crippen LogP) is 4.90.